The van der Waals surface area contributed by atoms with Crippen molar-refractivity contribution in [2.24, 2.45) is 11.0 Å². The molecule has 0 aromatic heterocycles. The Kier molecular flexibility index (Phi) is 27.4. The first-order valence-corrected chi connectivity index (χ1v) is 2.61. The van der Waals surface area contributed by atoms with E-state index in [1.54, 1.807) is 0 Å². The van der Waals surface area contributed by atoms with E-state index in [-0.39, 0.29) is 0 Å². The van der Waals surface area contributed by atoms with Gasteiger partial charge in [-0.15, -0.1) is 0 Å². The van der Waals surface area contributed by atoms with Crippen LogP contribution < -0.4 is 11.0 Å². The molecule has 0 aliphatic rings. The van der Waals surface area contributed by atoms with Crippen LogP contribution in [0.15, 0.2) is 0 Å². The van der Waals surface area contributed by atoms with E-state index in [1.807, 2.05) is 0 Å². The van der Waals surface area contributed by atoms with Crippen LogP contribution in [-0.4, -0.2) is 8.76 Å². The van der Waals surface area contributed by atoms with Crippen LogP contribution in [0, 0.1) is 0 Å². The molecule has 0 aromatic carbocycles. The largest absolute Gasteiger partial charge is 0.760 e. The molecule has 0 heterocycles. The van der Waals surface area contributed by atoms with Gasteiger partial charge in [0.2, 0.25) is 0 Å². The smallest absolute Gasteiger partial charge is 0.0152 e. The first-order chi connectivity index (χ1) is 3.65. The molecule has 9 heavy (non-hydrogen) atoms. The molecule has 1 atom stereocenters. The monoisotopic (exact) mass is 427 g/mol. The Morgan fingerprint density at radius 1 is 1.67 bits per heavy atom. The van der Waals surface area contributed by atoms with Crippen molar-refractivity contribution in [1.29, 1.82) is 0 Å². The van der Waals surface area contributed by atoms with Crippen molar-refractivity contribution in [2.45, 2.75) is 0 Å². The number of hydrogen-bond acceptors (Lipinski definition) is 6. The molecule has 0 spiro atoms. The summed E-state index contributed by atoms with van der Waals surface area (Å²) in [6.07, 6.45) is 0. The first kappa shape index (κ1) is 15.7. The fourth-order valence-electron chi connectivity index (χ4n) is 0. The predicted octanol–water partition coefficient (Wildman–Crippen LogP) is -1.99. The summed E-state index contributed by atoms with van der Waals surface area (Å²) in [5.74, 6) is 4.20. The van der Waals surface area contributed by atoms with E-state index in [1.165, 1.54) is 0 Å². The Hall–Kier alpha value is -0.700. The van der Waals surface area contributed by atoms with Gasteiger partial charge in [0, 0.05) is 11.3 Å². The van der Waals surface area contributed by atoms with Gasteiger partial charge in [0.15, 0.2) is 0 Å². The molecule has 0 fully saturated rings. The predicted molar refractivity (Wildman–Crippen MR) is 26.8 cm³/mol. The van der Waals surface area contributed by atoms with Crippen LogP contribution in [0.25, 0.3) is 0 Å². The molecule has 0 rings (SSSR count). The summed E-state index contributed by atoms with van der Waals surface area (Å²) in [6.45, 7) is 0. The SMILES string of the molecule is NOO[S-].NS(=O)[O-].[Rf]. The van der Waals surface area contributed by atoms with Crippen LogP contribution in [0.4, 0.5) is 0 Å². The average molecular weight is 427 g/mol. The van der Waals surface area contributed by atoms with Gasteiger partial charge in [0.1, 0.15) is 0 Å². The molecule has 0 saturated carbocycles. The Balaban J connectivity index is -0.0000000720. The third-order valence-electron chi connectivity index (χ3n) is 0.0393. The second-order valence-electron chi connectivity index (χ2n) is 0.425. The quantitative estimate of drug-likeness (QED) is 0.217. The summed E-state index contributed by atoms with van der Waals surface area (Å²) in [4.78, 5) is 3.36. The zero-order chi connectivity index (χ0) is 6.99. The Labute approximate surface area is 54.0 Å². The van der Waals surface area contributed by atoms with Crippen LogP contribution in [0.1, 0.15) is 0 Å². The van der Waals surface area contributed by atoms with Crippen LogP contribution in [0.3, 0.4) is 0 Å². The van der Waals surface area contributed by atoms with E-state index in [9.17, 15) is 0 Å². The van der Waals surface area contributed by atoms with Gasteiger partial charge in [0.25, 0.3) is 0 Å². The summed E-state index contributed by atoms with van der Waals surface area (Å²) in [5.41, 5.74) is 0. The molecule has 1 unspecified atom stereocenters. The second-order valence-corrected chi connectivity index (χ2v) is 1.08. The fraction of sp³-hybridized carbons (Fsp3) is 0. The number of rotatable bonds is 1. The first-order valence-electron chi connectivity index (χ1n) is 1.14. The van der Waals surface area contributed by atoms with Crippen molar-refractivity contribution < 1.29 is 18.1 Å². The molecule has 54 valence electrons. The topological polar surface area (TPSA) is 111 Å². The number of hydrogen-bond donors (Lipinski definition) is 2. The molecule has 4 N–H and O–H groups in total. The van der Waals surface area contributed by atoms with E-state index in [0.717, 1.165) is 0 Å². The zero-order valence-corrected chi connectivity index (χ0v) is 12.3. The van der Waals surface area contributed by atoms with Crippen LogP contribution in [-0.2, 0) is 33.5 Å². The average Bonchev–Trinajstić information content (AvgIpc) is 1.65. The van der Waals surface area contributed by atoms with Crippen molar-refractivity contribution >= 4 is 24.2 Å². The van der Waals surface area contributed by atoms with E-state index in [4.69, 9.17) is 8.76 Å². The van der Waals surface area contributed by atoms with Gasteiger partial charge in [-0.2, -0.15) is 10.9 Å². The Bertz CT molecular complexity index is 54.5. The van der Waals surface area contributed by atoms with Crippen LogP contribution in [0.5, 0.6) is 0 Å². The standard InChI is InChI=1S/2H3NO2S.Rf/c1-4(2)3;1-2-3-4;/h1H2,(H,2,3);4H,1H2;/p-2. The fourth-order valence-corrected chi connectivity index (χ4v) is 0. The van der Waals surface area contributed by atoms with Gasteiger partial charge >= 0.3 is 0 Å². The van der Waals surface area contributed by atoms with E-state index >= 15 is 0 Å². The van der Waals surface area contributed by atoms with Crippen molar-refractivity contribution in [1.82, 2.24) is 0 Å². The molecular weight excluding hydrogens is 423 g/mol. The van der Waals surface area contributed by atoms with Gasteiger partial charge in [0.05, 0.1) is 0 Å². The second kappa shape index (κ2) is 15.7. The summed E-state index contributed by atoms with van der Waals surface area (Å²) in [5, 5.41) is 4.03. The minimum absolute atomic E-state index is 0. The van der Waals surface area contributed by atoms with Crippen molar-refractivity contribution in [3.05, 3.63) is 0 Å². The van der Waals surface area contributed by atoms with E-state index in [2.05, 4.69) is 33.3 Å². The summed E-state index contributed by atoms with van der Waals surface area (Å²) >= 11 is 1.34. The zero-order valence-electron chi connectivity index (χ0n) is 4.31. The van der Waals surface area contributed by atoms with Crippen LogP contribution >= 0.6 is 0 Å². The minimum Gasteiger partial charge on any atom is -0.760 e. The van der Waals surface area contributed by atoms with E-state index in [0.29, 0.717) is 0 Å². The maximum Gasteiger partial charge on any atom is 0.0152 e. The molecule has 0 bridgehead atoms. The molecule has 0 aliphatic heterocycles. The molecule has 9 heteroatoms. The third kappa shape index (κ3) is 2280. The minimum atomic E-state index is -2.36. The summed E-state index contributed by atoms with van der Waals surface area (Å²) in [7, 11) is 0. The molecule has 0 saturated heterocycles. The van der Waals surface area contributed by atoms with Gasteiger partial charge in [-0.05, 0) is 0 Å². The molecule has 0 aromatic rings. The molecule has 0 amide bonds. The van der Waals surface area contributed by atoms with Gasteiger partial charge in [-0.3, -0.25) is 9.35 Å². The van der Waals surface area contributed by atoms with Gasteiger partial charge in [-0.25, -0.2) is 0 Å². The molecule has 0 aliphatic carbocycles. The van der Waals surface area contributed by atoms with Crippen molar-refractivity contribution in [2.75, 3.05) is 0 Å². The summed E-state index contributed by atoms with van der Waals surface area (Å²) < 4.78 is 21.0. The van der Waals surface area contributed by atoms with Crippen molar-refractivity contribution in [3.63, 3.8) is 0 Å². The van der Waals surface area contributed by atoms with E-state index < -0.39 is 11.3 Å². The number of nitrogens with two attached hydrogens (primary N) is 2. The van der Waals surface area contributed by atoms with Gasteiger partial charge in [-0.1, -0.05) is 0 Å². The third-order valence-corrected chi connectivity index (χ3v) is 0.118. The molecule has 6 nitrogen and oxygen atoms in total. The molecule has 0 radical (unpaired) electrons. The van der Waals surface area contributed by atoms with Gasteiger partial charge < -0.3 is 21.8 Å². The molecular formula is H4N2O4RfS2-2. The Morgan fingerprint density at radius 3 is 1.78 bits per heavy atom. The van der Waals surface area contributed by atoms with Crippen molar-refractivity contribution in [3.8, 4) is 0 Å². The maximum absolute atomic E-state index is 8.78. The Morgan fingerprint density at radius 2 is 1.78 bits per heavy atom. The van der Waals surface area contributed by atoms with Crippen LogP contribution in [0.2, 0.25) is 0 Å². The normalized spacial score (nSPS) is 10.2. The summed E-state index contributed by atoms with van der Waals surface area (Å²) in [6, 6.07) is 0. The maximum atomic E-state index is 8.78.